The summed E-state index contributed by atoms with van der Waals surface area (Å²) >= 11 is 0. The molecule has 1 saturated heterocycles. The van der Waals surface area contributed by atoms with Crippen LogP contribution < -0.4 is 5.73 Å². The van der Waals surface area contributed by atoms with Crippen molar-refractivity contribution in [2.24, 2.45) is 11.1 Å². The van der Waals surface area contributed by atoms with Crippen LogP contribution >= 0.6 is 0 Å². The Morgan fingerprint density at radius 2 is 1.68 bits per heavy atom. The van der Waals surface area contributed by atoms with Gasteiger partial charge < -0.3 is 15.3 Å². The second-order valence-corrected chi connectivity index (χ2v) is 6.74. The maximum Gasteiger partial charge on any atom is 0.338 e. The average molecular weight is 314 g/mol. The van der Waals surface area contributed by atoms with Crippen LogP contribution in [0.5, 0.6) is 0 Å². The number of hydrogen-bond donors (Lipinski definition) is 1. The Balaban J connectivity index is 2.49. The third-order valence-corrected chi connectivity index (χ3v) is 3.70. The lowest BCUT2D eigenvalue weighted by Crippen LogP contribution is -2.38. The predicted molar refractivity (Wildman–Crippen MR) is 79.3 cm³/mol. The molecule has 1 fully saturated rings. The van der Waals surface area contributed by atoms with Gasteiger partial charge in [0.2, 0.25) is 0 Å². The molecule has 0 aliphatic carbocycles. The molecule has 0 atom stereocenters. The Morgan fingerprint density at radius 1 is 1.14 bits per heavy atom. The molecule has 0 aromatic heterocycles. The first-order chi connectivity index (χ1) is 10.1. The number of carbonyl (C=O) groups is 3. The van der Waals surface area contributed by atoms with E-state index in [1.807, 2.05) is 13.8 Å². The van der Waals surface area contributed by atoms with Gasteiger partial charge in [-0.1, -0.05) is 0 Å². The SMILES string of the molecule is CC(C)(CCN)OCCC(C)(C)C(=O)ON1C(=O)CCC1=O. The number of imide groups is 1. The Kier molecular flexibility index (Phi) is 6.08. The lowest BCUT2D eigenvalue weighted by molar-refractivity contribution is -0.205. The van der Waals surface area contributed by atoms with Gasteiger partial charge in [-0.25, -0.2) is 4.79 Å². The minimum absolute atomic E-state index is 0.0862. The minimum atomic E-state index is -0.859. The summed E-state index contributed by atoms with van der Waals surface area (Å²) in [5, 5.41) is 0.573. The molecule has 0 spiro atoms. The molecule has 1 aliphatic rings. The zero-order valence-electron chi connectivity index (χ0n) is 13.8. The molecular formula is C15H26N2O5. The summed E-state index contributed by atoms with van der Waals surface area (Å²) in [7, 11) is 0. The van der Waals surface area contributed by atoms with E-state index in [1.165, 1.54) is 0 Å². The Bertz CT molecular complexity index is 429. The molecule has 1 aliphatic heterocycles. The number of ether oxygens (including phenoxy) is 1. The molecule has 0 radical (unpaired) electrons. The van der Waals surface area contributed by atoms with Gasteiger partial charge in [-0.15, -0.1) is 5.06 Å². The standard InChI is InChI=1S/C15H26N2O5/c1-14(2,8-10-21-15(3,4)7-9-16)13(20)22-17-11(18)5-6-12(17)19/h5-10,16H2,1-4H3. The highest BCUT2D eigenvalue weighted by atomic mass is 16.7. The van der Waals surface area contributed by atoms with Crippen LogP contribution in [0.3, 0.4) is 0 Å². The van der Waals surface area contributed by atoms with E-state index in [-0.39, 0.29) is 18.4 Å². The Morgan fingerprint density at radius 3 is 2.18 bits per heavy atom. The van der Waals surface area contributed by atoms with Gasteiger partial charge in [-0.2, -0.15) is 0 Å². The molecule has 126 valence electrons. The Labute approximate surface area is 131 Å². The zero-order valence-corrected chi connectivity index (χ0v) is 13.8. The third-order valence-electron chi connectivity index (χ3n) is 3.70. The van der Waals surface area contributed by atoms with E-state index in [1.54, 1.807) is 13.8 Å². The van der Waals surface area contributed by atoms with Crippen molar-refractivity contribution in [2.75, 3.05) is 13.2 Å². The largest absolute Gasteiger partial charge is 0.375 e. The minimum Gasteiger partial charge on any atom is -0.375 e. The lowest BCUT2D eigenvalue weighted by atomic mass is 9.90. The number of hydroxylamine groups is 2. The number of amides is 2. The third kappa shape index (κ3) is 5.06. The van der Waals surface area contributed by atoms with E-state index in [0.29, 0.717) is 31.1 Å². The van der Waals surface area contributed by atoms with E-state index in [0.717, 1.165) is 0 Å². The Hall–Kier alpha value is -1.47. The topological polar surface area (TPSA) is 98.9 Å². The number of rotatable bonds is 8. The highest BCUT2D eigenvalue weighted by Crippen LogP contribution is 2.26. The van der Waals surface area contributed by atoms with Gasteiger partial charge in [0.1, 0.15) is 0 Å². The smallest absolute Gasteiger partial charge is 0.338 e. The van der Waals surface area contributed by atoms with Crippen molar-refractivity contribution in [1.29, 1.82) is 0 Å². The molecule has 7 heteroatoms. The molecular weight excluding hydrogens is 288 g/mol. The summed E-state index contributed by atoms with van der Waals surface area (Å²) in [6, 6.07) is 0. The zero-order chi connectivity index (χ0) is 17.0. The fraction of sp³-hybridized carbons (Fsp3) is 0.800. The van der Waals surface area contributed by atoms with Crippen LogP contribution in [-0.4, -0.2) is 41.6 Å². The van der Waals surface area contributed by atoms with E-state index in [4.69, 9.17) is 15.3 Å². The van der Waals surface area contributed by atoms with Crippen molar-refractivity contribution < 1.29 is 24.0 Å². The van der Waals surface area contributed by atoms with Crippen molar-refractivity contribution in [3.05, 3.63) is 0 Å². The molecule has 1 heterocycles. The van der Waals surface area contributed by atoms with Crippen LogP contribution in [0.2, 0.25) is 0 Å². The van der Waals surface area contributed by atoms with Crippen molar-refractivity contribution in [1.82, 2.24) is 5.06 Å². The molecule has 0 unspecified atom stereocenters. The van der Waals surface area contributed by atoms with Gasteiger partial charge in [0.15, 0.2) is 0 Å². The highest BCUT2D eigenvalue weighted by Gasteiger charge is 2.38. The summed E-state index contributed by atoms with van der Waals surface area (Å²) in [4.78, 5) is 40.0. The first kappa shape index (κ1) is 18.6. The summed E-state index contributed by atoms with van der Waals surface area (Å²) in [5.74, 6) is -1.57. The molecule has 0 saturated carbocycles. The van der Waals surface area contributed by atoms with Crippen molar-refractivity contribution in [3.8, 4) is 0 Å². The summed E-state index contributed by atoms with van der Waals surface area (Å²) in [6.45, 7) is 8.15. The molecule has 0 aromatic rings. The molecule has 0 bridgehead atoms. The van der Waals surface area contributed by atoms with Gasteiger partial charge >= 0.3 is 5.97 Å². The molecule has 1 rings (SSSR count). The number of nitrogens with two attached hydrogens (primary N) is 1. The van der Waals surface area contributed by atoms with E-state index in [2.05, 4.69) is 0 Å². The second-order valence-electron chi connectivity index (χ2n) is 6.74. The van der Waals surface area contributed by atoms with Gasteiger partial charge in [-0.05, 0) is 47.1 Å². The first-order valence-electron chi connectivity index (χ1n) is 7.51. The van der Waals surface area contributed by atoms with Gasteiger partial charge in [-0.3, -0.25) is 9.59 Å². The predicted octanol–water partition coefficient (Wildman–Crippen LogP) is 1.15. The van der Waals surface area contributed by atoms with Crippen LogP contribution in [0.1, 0.15) is 53.4 Å². The fourth-order valence-electron chi connectivity index (χ4n) is 1.97. The van der Waals surface area contributed by atoms with Crippen LogP contribution in [-0.2, 0) is 24.0 Å². The molecule has 2 N–H and O–H groups in total. The van der Waals surface area contributed by atoms with Crippen LogP contribution in [0, 0.1) is 5.41 Å². The number of hydrogen-bond acceptors (Lipinski definition) is 6. The van der Waals surface area contributed by atoms with E-state index in [9.17, 15) is 14.4 Å². The lowest BCUT2D eigenvalue weighted by Gasteiger charge is -2.28. The summed E-state index contributed by atoms with van der Waals surface area (Å²) in [5.41, 5.74) is 4.30. The molecule has 2 amide bonds. The average Bonchev–Trinajstić information content (AvgIpc) is 2.69. The van der Waals surface area contributed by atoms with Gasteiger partial charge in [0.05, 0.1) is 11.0 Å². The number of nitrogens with zero attached hydrogens (tertiary/aromatic N) is 1. The first-order valence-corrected chi connectivity index (χ1v) is 7.51. The van der Waals surface area contributed by atoms with Crippen molar-refractivity contribution >= 4 is 17.8 Å². The number of carbonyl (C=O) groups excluding carboxylic acids is 3. The van der Waals surface area contributed by atoms with E-state index < -0.39 is 23.2 Å². The van der Waals surface area contributed by atoms with Crippen LogP contribution in [0.25, 0.3) is 0 Å². The summed E-state index contributed by atoms with van der Waals surface area (Å²) in [6.07, 6.45) is 1.30. The van der Waals surface area contributed by atoms with Gasteiger partial charge in [0.25, 0.3) is 11.8 Å². The van der Waals surface area contributed by atoms with E-state index >= 15 is 0 Å². The highest BCUT2D eigenvalue weighted by molar-refractivity contribution is 6.01. The maximum absolute atomic E-state index is 12.1. The normalized spacial score (nSPS) is 16.3. The molecule has 7 nitrogen and oxygen atoms in total. The van der Waals surface area contributed by atoms with Crippen molar-refractivity contribution in [3.63, 3.8) is 0 Å². The van der Waals surface area contributed by atoms with Crippen LogP contribution in [0.15, 0.2) is 0 Å². The maximum atomic E-state index is 12.1. The quantitative estimate of drug-likeness (QED) is 0.675. The molecule has 0 aromatic carbocycles. The van der Waals surface area contributed by atoms with Gasteiger partial charge in [0, 0.05) is 19.4 Å². The molecule has 22 heavy (non-hydrogen) atoms. The van der Waals surface area contributed by atoms with Crippen LogP contribution in [0.4, 0.5) is 0 Å². The monoisotopic (exact) mass is 314 g/mol. The second kappa shape index (κ2) is 7.19. The fourth-order valence-corrected chi connectivity index (χ4v) is 1.97. The summed E-state index contributed by atoms with van der Waals surface area (Å²) < 4.78 is 5.73. The van der Waals surface area contributed by atoms with Crippen molar-refractivity contribution in [2.45, 2.75) is 59.0 Å².